The molecule has 1 atom stereocenters. The van der Waals surface area contributed by atoms with Gasteiger partial charge in [0.1, 0.15) is 0 Å². The van der Waals surface area contributed by atoms with E-state index in [2.05, 4.69) is 17.2 Å². The number of hydrogen-bond acceptors (Lipinski definition) is 2. The van der Waals surface area contributed by atoms with Gasteiger partial charge in [0.2, 0.25) is 0 Å². The highest BCUT2D eigenvalue weighted by Gasteiger charge is 2.12. The van der Waals surface area contributed by atoms with E-state index < -0.39 is 0 Å². The number of rotatable bonds is 6. The highest BCUT2D eigenvalue weighted by atomic mass is 16.3. The predicted molar refractivity (Wildman–Crippen MR) is 76.1 cm³/mol. The van der Waals surface area contributed by atoms with Gasteiger partial charge in [-0.2, -0.15) is 0 Å². The Morgan fingerprint density at radius 2 is 2.26 bits per heavy atom. The van der Waals surface area contributed by atoms with E-state index >= 15 is 0 Å². The molecule has 102 valence electrons. The molecule has 1 unspecified atom stereocenters. The van der Waals surface area contributed by atoms with Crippen molar-refractivity contribution < 1.29 is 9.90 Å². The maximum Gasteiger partial charge on any atom is 0.251 e. The standard InChI is InChI=1S/C15H20N2O2/c1-2-11(7-9-18)10-17-15(19)13-4-3-5-14-12(13)6-8-16-14/h3-6,8,11,16,18H,2,7,9-10H2,1H3,(H,17,19). The number of benzene rings is 1. The van der Waals surface area contributed by atoms with Gasteiger partial charge in [0.25, 0.3) is 5.91 Å². The van der Waals surface area contributed by atoms with Crippen molar-refractivity contribution in [2.45, 2.75) is 19.8 Å². The minimum absolute atomic E-state index is 0.0541. The number of aliphatic hydroxyl groups is 1. The van der Waals surface area contributed by atoms with Crippen molar-refractivity contribution in [3.8, 4) is 0 Å². The summed E-state index contributed by atoms with van der Waals surface area (Å²) in [7, 11) is 0. The number of aliphatic hydroxyl groups excluding tert-OH is 1. The predicted octanol–water partition coefficient (Wildman–Crippen LogP) is 2.31. The first-order valence-electron chi connectivity index (χ1n) is 6.71. The third-order valence-corrected chi connectivity index (χ3v) is 3.51. The molecule has 0 spiro atoms. The van der Waals surface area contributed by atoms with Gasteiger partial charge >= 0.3 is 0 Å². The smallest absolute Gasteiger partial charge is 0.251 e. The first-order valence-corrected chi connectivity index (χ1v) is 6.71. The number of aromatic amines is 1. The number of H-pyrrole nitrogens is 1. The summed E-state index contributed by atoms with van der Waals surface area (Å²) in [5, 5.41) is 12.8. The van der Waals surface area contributed by atoms with Crippen molar-refractivity contribution in [1.29, 1.82) is 0 Å². The van der Waals surface area contributed by atoms with Crippen molar-refractivity contribution in [2.75, 3.05) is 13.2 Å². The van der Waals surface area contributed by atoms with E-state index in [1.165, 1.54) is 0 Å². The van der Waals surface area contributed by atoms with Crippen LogP contribution in [-0.2, 0) is 0 Å². The number of hydrogen-bond donors (Lipinski definition) is 3. The topological polar surface area (TPSA) is 65.1 Å². The average molecular weight is 260 g/mol. The van der Waals surface area contributed by atoms with E-state index in [0.717, 1.165) is 23.7 Å². The largest absolute Gasteiger partial charge is 0.396 e. The number of carbonyl (C=O) groups excluding carboxylic acids is 1. The quantitative estimate of drug-likeness (QED) is 0.746. The fraction of sp³-hybridized carbons (Fsp3) is 0.400. The van der Waals surface area contributed by atoms with E-state index in [1.54, 1.807) is 0 Å². The molecule has 0 radical (unpaired) electrons. The molecule has 0 aliphatic carbocycles. The lowest BCUT2D eigenvalue weighted by atomic mass is 10.0. The Bertz CT molecular complexity index is 548. The Kier molecular flexibility index (Phi) is 4.58. The van der Waals surface area contributed by atoms with Gasteiger partial charge in [0.05, 0.1) is 0 Å². The van der Waals surface area contributed by atoms with Crippen molar-refractivity contribution >= 4 is 16.8 Å². The Balaban J connectivity index is 2.05. The summed E-state index contributed by atoms with van der Waals surface area (Å²) < 4.78 is 0. The van der Waals surface area contributed by atoms with Crippen molar-refractivity contribution in [1.82, 2.24) is 10.3 Å². The van der Waals surface area contributed by atoms with Gasteiger partial charge in [-0.15, -0.1) is 0 Å². The third-order valence-electron chi connectivity index (χ3n) is 3.51. The molecule has 3 N–H and O–H groups in total. The molecular formula is C15H20N2O2. The molecule has 0 bridgehead atoms. The molecule has 1 aromatic heterocycles. The van der Waals surface area contributed by atoms with E-state index in [1.807, 2.05) is 30.5 Å². The summed E-state index contributed by atoms with van der Waals surface area (Å²) in [5.41, 5.74) is 1.66. The summed E-state index contributed by atoms with van der Waals surface area (Å²) in [6.45, 7) is 2.85. The van der Waals surface area contributed by atoms with Crippen LogP contribution in [0.2, 0.25) is 0 Å². The normalized spacial score (nSPS) is 12.5. The van der Waals surface area contributed by atoms with Crippen LogP contribution in [0, 0.1) is 5.92 Å². The fourth-order valence-electron chi connectivity index (χ4n) is 2.25. The molecule has 0 aliphatic rings. The Hall–Kier alpha value is -1.81. The van der Waals surface area contributed by atoms with Gasteiger partial charge in [-0.05, 0) is 30.5 Å². The molecule has 0 fully saturated rings. The van der Waals surface area contributed by atoms with Gasteiger partial charge in [-0.3, -0.25) is 4.79 Å². The van der Waals surface area contributed by atoms with Gasteiger partial charge in [0, 0.05) is 35.8 Å². The molecule has 0 saturated heterocycles. The summed E-state index contributed by atoms with van der Waals surface area (Å²) >= 11 is 0. The summed E-state index contributed by atoms with van der Waals surface area (Å²) in [4.78, 5) is 15.3. The third kappa shape index (κ3) is 3.15. The summed E-state index contributed by atoms with van der Waals surface area (Å²) in [6, 6.07) is 7.57. The van der Waals surface area contributed by atoms with Crippen molar-refractivity contribution in [3.05, 3.63) is 36.0 Å². The van der Waals surface area contributed by atoms with E-state index in [9.17, 15) is 4.79 Å². The van der Waals surface area contributed by atoms with E-state index in [-0.39, 0.29) is 12.5 Å². The molecule has 0 aliphatic heterocycles. The van der Waals surface area contributed by atoms with Crippen molar-refractivity contribution in [2.24, 2.45) is 5.92 Å². The zero-order valence-electron chi connectivity index (χ0n) is 11.1. The molecule has 2 rings (SSSR count). The summed E-state index contributed by atoms with van der Waals surface area (Å²) in [5.74, 6) is 0.279. The number of fused-ring (bicyclic) bond motifs is 1. The molecule has 1 amide bonds. The number of amides is 1. The lowest BCUT2D eigenvalue weighted by molar-refractivity contribution is 0.0945. The molecule has 1 aromatic carbocycles. The molecule has 19 heavy (non-hydrogen) atoms. The maximum absolute atomic E-state index is 12.2. The first-order chi connectivity index (χ1) is 9.26. The molecule has 4 heteroatoms. The second-order valence-corrected chi connectivity index (χ2v) is 4.74. The molecule has 1 heterocycles. The second kappa shape index (κ2) is 6.38. The van der Waals surface area contributed by atoms with Crippen LogP contribution >= 0.6 is 0 Å². The van der Waals surface area contributed by atoms with Crippen LogP contribution in [0.25, 0.3) is 10.9 Å². The van der Waals surface area contributed by atoms with Crippen LogP contribution in [0.15, 0.2) is 30.5 Å². The van der Waals surface area contributed by atoms with Gasteiger partial charge in [-0.25, -0.2) is 0 Å². The van der Waals surface area contributed by atoms with Crippen LogP contribution in [0.3, 0.4) is 0 Å². The van der Waals surface area contributed by atoms with Crippen molar-refractivity contribution in [3.63, 3.8) is 0 Å². The Morgan fingerprint density at radius 1 is 1.42 bits per heavy atom. The van der Waals surface area contributed by atoms with Gasteiger partial charge in [-0.1, -0.05) is 19.4 Å². The van der Waals surface area contributed by atoms with Crippen LogP contribution in [0.4, 0.5) is 0 Å². The molecule has 0 saturated carbocycles. The van der Waals surface area contributed by atoms with Crippen LogP contribution in [0.5, 0.6) is 0 Å². The Labute approximate surface area is 112 Å². The highest BCUT2D eigenvalue weighted by Crippen LogP contribution is 2.17. The molecule has 4 nitrogen and oxygen atoms in total. The number of aromatic nitrogens is 1. The van der Waals surface area contributed by atoms with Gasteiger partial charge < -0.3 is 15.4 Å². The SMILES string of the molecule is CCC(CCO)CNC(=O)c1cccc2[nH]ccc12. The Morgan fingerprint density at radius 3 is 3.00 bits per heavy atom. The van der Waals surface area contributed by atoms with E-state index in [4.69, 9.17) is 5.11 Å². The zero-order valence-corrected chi connectivity index (χ0v) is 11.1. The zero-order chi connectivity index (χ0) is 13.7. The lowest BCUT2D eigenvalue weighted by Gasteiger charge is -2.14. The monoisotopic (exact) mass is 260 g/mol. The van der Waals surface area contributed by atoms with Crippen LogP contribution < -0.4 is 5.32 Å². The molecular weight excluding hydrogens is 240 g/mol. The number of nitrogens with one attached hydrogen (secondary N) is 2. The summed E-state index contributed by atoms with van der Waals surface area (Å²) in [6.07, 6.45) is 3.52. The van der Waals surface area contributed by atoms with Crippen LogP contribution in [0.1, 0.15) is 30.1 Å². The van der Waals surface area contributed by atoms with Gasteiger partial charge in [0.15, 0.2) is 0 Å². The van der Waals surface area contributed by atoms with E-state index in [0.29, 0.717) is 18.0 Å². The fourth-order valence-corrected chi connectivity index (χ4v) is 2.25. The van der Waals surface area contributed by atoms with Crippen LogP contribution in [-0.4, -0.2) is 29.1 Å². The lowest BCUT2D eigenvalue weighted by Crippen LogP contribution is -2.29. The minimum Gasteiger partial charge on any atom is -0.396 e. The average Bonchev–Trinajstić information content (AvgIpc) is 2.91. The second-order valence-electron chi connectivity index (χ2n) is 4.74. The highest BCUT2D eigenvalue weighted by molar-refractivity contribution is 6.06. The maximum atomic E-state index is 12.2. The number of carbonyl (C=O) groups is 1. The minimum atomic E-state index is -0.0541. The molecule has 2 aromatic rings. The first kappa shape index (κ1) is 13.6.